The molecule has 1 atom stereocenters. The lowest BCUT2D eigenvalue weighted by molar-refractivity contribution is -0.561. The summed E-state index contributed by atoms with van der Waals surface area (Å²) in [6.07, 6.45) is 0.316. The minimum atomic E-state index is -0.960. The Labute approximate surface area is 65.9 Å². The first-order valence-corrected chi connectivity index (χ1v) is 3.50. The smallest absolute Gasteiger partial charge is 0.218 e. The van der Waals surface area contributed by atoms with Gasteiger partial charge < -0.3 is 11.5 Å². The SMILES string of the molecule is CC(C)(CC(N)CN)[N+](=O)[O-]. The highest BCUT2D eigenvalue weighted by molar-refractivity contribution is 4.75. The van der Waals surface area contributed by atoms with Crippen LogP contribution in [-0.4, -0.2) is 23.0 Å². The molecule has 0 saturated carbocycles. The fourth-order valence-electron chi connectivity index (χ4n) is 0.800. The van der Waals surface area contributed by atoms with Crippen LogP contribution in [0.3, 0.4) is 0 Å². The van der Waals surface area contributed by atoms with Crippen LogP contribution in [0.5, 0.6) is 0 Å². The predicted octanol–water partition coefficient (Wildman–Crippen LogP) is -0.282. The third-order valence-electron chi connectivity index (χ3n) is 1.56. The Morgan fingerprint density at radius 3 is 2.36 bits per heavy atom. The van der Waals surface area contributed by atoms with Crippen molar-refractivity contribution < 1.29 is 4.92 Å². The molecule has 0 amide bonds. The quantitative estimate of drug-likeness (QED) is 0.437. The molecule has 0 aromatic carbocycles. The summed E-state index contributed by atoms with van der Waals surface area (Å²) in [6, 6.07) is -0.282. The minimum Gasteiger partial charge on any atom is -0.329 e. The summed E-state index contributed by atoms with van der Waals surface area (Å²) in [4.78, 5) is 10.1. The largest absolute Gasteiger partial charge is 0.329 e. The van der Waals surface area contributed by atoms with Crippen molar-refractivity contribution in [1.29, 1.82) is 0 Å². The van der Waals surface area contributed by atoms with E-state index in [0.717, 1.165) is 0 Å². The van der Waals surface area contributed by atoms with Crippen LogP contribution in [0.4, 0.5) is 0 Å². The zero-order chi connectivity index (χ0) is 9.07. The molecule has 0 radical (unpaired) electrons. The molecule has 5 heteroatoms. The zero-order valence-electron chi connectivity index (χ0n) is 6.91. The third-order valence-corrected chi connectivity index (χ3v) is 1.56. The fourth-order valence-corrected chi connectivity index (χ4v) is 0.800. The Balaban J connectivity index is 4.01. The maximum absolute atomic E-state index is 10.4. The van der Waals surface area contributed by atoms with Gasteiger partial charge in [-0.05, 0) is 0 Å². The van der Waals surface area contributed by atoms with Crippen molar-refractivity contribution in [3.05, 3.63) is 10.1 Å². The van der Waals surface area contributed by atoms with Gasteiger partial charge in [-0.3, -0.25) is 10.1 Å². The molecule has 5 nitrogen and oxygen atoms in total. The Morgan fingerprint density at radius 1 is 1.64 bits per heavy atom. The van der Waals surface area contributed by atoms with Crippen molar-refractivity contribution in [3.8, 4) is 0 Å². The second-order valence-electron chi connectivity index (χ2n) is 3.27. The molecule has 0 heterocycles. The van der Waals surface area contributed by atoms with E-state index in [0.29, 0.717) is 6.42 Å². The maximum atomic E-state index is 10.4. The van der Waals surface area contributed by atoms with Crippen LogP contribution in [0.25, 0.3) is 0 Å². The lowest BCUT2D eigenvalue weighted by Gasteiger charge is -2.18. The highest BCUT2D eigenvalue weighted by atomic mass is 16.6. The highest BCUT2D eigenvalue weighted by Crippen LogP contribution is 2.13. The molecular weight excluding hydrogens is 146 g/mol. The van der Waals surface area contributed by atoms with Crippen LogP contribution in [0, 0.1) is 10.1 Å². The van der Waals surface area contributed by atoms with Crippen molar-refractivity contribution >= 4 is 0 Å². The molecule has 1 unspecified atom stereocenters. The summed E-state index contributed by atoms with van der Waals surface area (Å²) in [5.74, 6) is 0. The fraction of sp³-hybridized carbons (Fsp3) is 1.00. The second-order valence-corrected chi connectivity index (χ2v) is 3.27. The van der Waals surface area contributed by atoms with Crippen LogP contribution in [0.15, 0.2) is 0 Å². The van der Waals surface area contributed by atoms with Crippen LogP contribution < -0.4 is 11.5 Å². The second kappa shape index (κ2) is 3.64. The van der Waals surface area contributed by atoms with Gasteiger partial charge >= 0.3 is 0 Å². The van der Waals surface area contributed by atoms with Gasteiger partial charge in [0.15, 0.2) is 0 Å². The molecule has 0 rings (SSSR count). The van der Waals surface area contributed by atoms with E-state index in [9.17, 15) is 10.1 Å². The molecule has 66 valence electrons. The van der Waals surface area contributed by atoms with Gasteiger partial charge in [-0.25, -0.2) is 0 Å². The van der Waals surface area contributed by atoms with E-state index >= 15 is 0 Å². The van der Waals surface area contributed by atoms with Gasteiger partial charge in [-0.15, -0.1) is 0 Å². The summed E-state index contributed by atoms with van der Waals surface area (Å²) in [5, 5.41) is 10.4. The molecule has 0 spiro atoms. The maximum Gasteiger partial charge on any atom is 0.218 e. The van der Waals surface area contributed by atoms with E-state index in [1.165, 1.54) is 0 Å². The summed E-state index contributed by atoms with van der Waals surface area (Å²) in [6.45, 7) is 3.38. The summed E-state index contributed by atoms with van der Waals surface area (Å²) < 4.78 is 0. The van der Waals surface area contributed by atoms with Crippen LogP contribution in [-0.2, 0) is 0 Å². The van der Waals surface area contributed by atoms with Crippen LogP contribution in [0.1, 0.15) is 20.3 Å². The molecular formula is C6H15N3O2. The van der Waals surface area contributed by atoms with E-state index in [1.807, 2.05) is 0 Å². The average molecular weight is 161 g/mol. The van der Waals surface area contributed by atoms with Gasteiger partial charge in [-0.1, -0.05) is 0 Å². The van der Waals surface area contributed by atoms with E-state index in [2.05, 4.69) is 0 Å². The number of nitrogens with zero attached hydrogens (tertiary/aromatic N) is 1. The Kier molecular flexibility index (Phi) is 3.41. The van der Waals surface area contributed by atoms with Gasteiger partial charge in [-0.2, -0.15) is 0 Å². The van der Waals surface area contributed by atoms with Gasteiger partial charge in [0.2, 0.25) is 5.54 Å². The number of hydrogen-bond acceptors (Lipinski definition) is 4. The third kappa shape index (κ3) is 3.29. The van der Waals surface area contributed by atoms with E-state index in [-0.39, 0.29) is 17.5 Å². The Hall–Kier alpha value is -0.680. The summed E-state index contributed by atoms with van der Waals surface area (Å²) in [5.41, 5.74) is 9.74. The van der Waals surface area contributed by atoms with Gasteiger partial charge in [0, 0.05) is 37.8 Å². The van der Waals surface area contributed by atoms with Gasteiger partial charge in [0.05, 0.1) is 0 Å². The molecule has 0 aromatic heterocycles. The van der Waals surface area contributed by atoms with Crippen LogP contribution in [0.2, 0.25) is 0 Å². The van der Waals surface area contributed by atoms with Crippen molar-refractivity contribution in [2.75, 3.05) is 6.54 Å². The molecule has 0 aromatic rings. The van der Waals surface area contributed by atoms with Gasteiger partial charge in [0.25, 0.3) is 0 Å². The van der Waals surface area contributed by atoms with Crippen molar-refractivity contribution in [2.45, 2.75) is 31.8 Å². The molecule has 11 heavy (non-hydrogen) atoms. The zero-order valence-corrected chi connectivity index (χ0v) is 6.91. The first kappa shape index (κ1) is 10.3. The summed E-state index contributed by atoms with van der Waals surface area (Å²) in [7, 11) is 0. The van der Waals surface area contributed by atoms with E-state index < -0.39 is 5.54 Å². The minimum absolute atomic E-state index is 0.282. The Morgan fingerprint density at radius 2 is 2.09 bits per heavy atom. The van der Waals surface area contributed by atoms with Crippen molar-refractivity contribution in [2.24, 2.45) is 11.5 Å². The lowest BCUT2D eigenvalue weighted by Crippen LogP contribution is -2.41. The normalized spacial score (nSPS) is 14.5. The molecule has 0 aliphatic heterocycles. The van der Waals surface area contributed by atoms with Gasteiger partial charge in [0.1, 0.15) is 0 Å². The molecule has 0 saturated heterocycles. The molecule has 0 bridgehead atoms. The lowest BCUT2D eigenvalue weighted by atomic mass is 9.97. The van der Waals surface area contributed by atoms with Crippen LogP contribution >= 0.6 is 0 Å². The topological polar surface area (TPSA) is 95.2 Å². The Bertz CT molecular complexity index is 147. The van der Waals surface area contributed by atoms with E-state index in [1.54, 1.807) is 13.8 Å². The average Bonchev–Trinajstić information content (AvgIpc) is 1.86. The molecule has 4 N–H and O–H groups in total. The molecule has 0 fully saturated rings. The monoisotopic (exact) mass is 161 g/mol. The first-order chi connectivity index (χ1) is 4.90. The van der Waals surface area contributed by atoms with E-state index in [4.69, 9.17) is 11.5 Å². The summed E-state index contributed by atoms with van der Waals surface area (Å²) >= 11 is 0. The number of nitro groups is 1. The van der Waals surface area contributed by atoms with Crippen molar-refractivity contribution in [1.82, 2.24) is 0 Å². The number of nitrogens with two attached hydrogens (primary N) is 2. The highest BCUT2D eigenvalue weighted by Gasteiger charge is 2.32. The number of rotatable bonds is 4. The molecule has 0 aliphatic carbocycles. The predicted molar refractivity (Wildman–Crippen MR) is 42.7 cm³/mol. The first-order valence-electron chi connectivity index (χ1n) is 3.50. The number of hydrogen-bond donors (Lipinski definition) is 2. The molecule has 0 aliphatic rings. The van der Waals surface area contributed by atoms with Crippen molar-refractivity contribution in [3.63, 3.8) is 0 Å². The standard InChI is InChI=1S/C6H15N3O2/c1-6(2,9(10)11)3-5(8)4-7/h5H,3-4,7-8H2,1-2H3.